The zero-order valence-corrected chi connectivity index (χ0v) is 10.4. The number of nitrogens with zero attached hydrogens (tertiary/aromatic N) is 1. The van der Waals surface area contributed by atoms with E-state index in [1.54, 1.807) is 24.4 Å². The maximum absolute atomic E-state index is 13.5. The topological polar surface area (TPSA) is 30.0 Å². The molecule has 92 valence electrons. The van der Waals surface area contributed by atoms with Gasteiger partial charge in [0.05, 0.1) is 12.0 Å². The Balaban J connectivity index is 2.21. The van der Waals surface area contributed by atoms with Gasteiger partial charge in [0, 0.05) is 11.9 Å². The lowest BCUT2D eigenvalue weighted by Gasteiger charge is -2.04. The molecule has 0 radical (unpaired) electrons. The maximum Gasteiger partial charge on any atom is 0.171 e. The molecule has 0 unspecified atom stereocenters. The molecular formula is C15H14FNO. The van der Waals surface area contributed by atoms with Crippen molar-refractivity contribution in [3.8, 4) is 0 Å². The summed E-state index contributed by atoms with van der Waals surface area (Å²) in [7, 11) is 0. The Morgan fingerprint density at radius 3 is 2.56 bits per heavy atom. The molecule has 2 rings (SSSR count). The van der Waals surface area contributed by atoms with Crippen LogP contribution in [0, 0.1) is 19.7 Å². The highest BCUT2D eigenvalue weighted by Crippen LogP contribution is 2.13. The molecule has 0 bridgehead atoms. The van der Waals surface area contributed by atoms with Gasteiger partial charge in [-0.1, -0.05) is 17.7 Å². The van der Waals surface area contributed by atoms with Crippen LogP contribution in [0.15, 0.2) is 36.5 Å². The van der Waals surface area contributed by atoms with Crippen LogP contribution in [-0.2, 0) is 6.42 Å². The van der Waals surface area contributed by atoms with Crippen LogP contribution in [0.1, 0.15) is 27.2 Å². The molecule has 0 aliphatic rings. The number of carbonyl (C=O) groups is 1. The molecule has 0 fully saturated rings. The number of hydrogen-bond acceptors (Lipinski definition) is 2. The van der Waals surface area contributed by atoms with Crippen molar-refractivity contribution in [2.75, 3.05) is 0 Å². The smallest absolute Gasteiger partial charge is 0.171 e. The van der Waals surface area contributed by atoms with Crippen LogP contribution in [-0.4, -0.2) is 10.8 Å². The Kier molecular flexibility index (Phi) is 3.51. The number of benzene rings is 1. The van der Waals surface area contributed by atoms with E-state index in [2.05, 4.69) is 4.98 Å². The summed E-state index contributed by atoms with van der Waals surface area (Å²) in [6, 6.07) is 8.23. The van der Waals surface area contributed by atoms with Crippen LogP contribution < -0.4 is 0 Å². The van der Waals surface area contributed by atoms with E-state index in [9.17, 15) is 9.18 Å². The van der Waals surface area contributed by atoms with E-state index in [0.717, 1.165) is 11.1 Å². The highest BCUT2D eigenvalue weighted by Gasteiger charge is 2.13. The van der Waals surface area contributed by atoms with E-state index in [1.807, 2.05) is 19.9 Å². The fraction of sp³-hybridized carbons (Fsp3) is 0.200. The lowest BCUT2D eigenvalue weighted by Crippen LogP contribution is -2.07. The predicted octanol–water partition coefficient (Wildman–Crippen LogP) is 3.26. The lowest BCUT2D eigenvalue weighted by molar-refractivity contribution is 0.0988. The second-order valence-corrected chi connectivity index (χ2v) is 4.41. The van der Waals surface area contributed by atoms with Crippen LogP contribution in [0.5, 0.6) is 0 Å². The number of halogens is 1. The zero-order valence-electron chi connectivity index (χ0n) is 10.4. The molecular weight excluding hydrogens is 229 g/mol. The van der Waals surface area contributed by atoms with Crippen LogP contribution in [0.3, 0.4) is 0 Å². The fourth-order valence-corrected chi connectivity index (χ4v) is 1.72. The molecule has 0 N–H and O–H groups in total. The van der Waals surface area contributed by atoms with Crippen molar-refractivity contribution in [2.45, 2.75) is 20.3 Å². The summed E-state index contributed by atoms with van der Waals surface area (Å²) >= 11 is 0. The van der Waals surface area contributed by atoms with Gasteiger partial charge < -0.3 is 0 Å². The number of hydrogen-bond donors (Lipinski definition) is 0. The highest BCUT2D eigenvalue weighted by molar-refractivity contribution is 5.97. The molecule has 2 nitrogen and oxygen atoms in total. The summed E-state index contributed by atoms with van der Waals surface area (Å²) in [5, 5.41) is 0. The molecule has 2 aromatic rings. The van der Waals surface area contributed by atoms with Crippen LogP contribution >= 0.6 is 0 Å². The normalized spacial score (nSPS) is 10.4. The fourth-order valence-electron chi connectivity index (χ4n) is 1.72. The number of carbonyl (C=O) groups excluding carboxylic acids is 1. The lowest BCUT2D eigenvalue weighted by atomic mass is 10.0. The van der Waals surface area contributed by atoms with E-state index in [0.29, 0.717) is 5.69 Å². The Labute approximate surface area is 105 Å². The van der Waals surface area contributed by atoms with Gasteiger partial charge in [-0.15, -0.1) is 0 Å². The third-order valence-electron chi connectivity index (χ3n) is 2.74. The summed E-state index contributed by atoms with van der Waals surface area (Å²) in [6.45, 7) is 3.76. The first-order valence-electron chi connectivity index (χ1n) is 5.77. The average molecular weight is 243 g/mol. The van der Waals surface area contributed by atoms with Gasteiger partial charge in [0.15, 0.2) is 5.78 Å². The quantitative estimate of drug-likeness (QED) is 0.774. The largest absolute Gasteiger partial charge is 0.294 e. The zero-order chi connectivity index (χ0) is 13.1. The van der Waals surface area contributed by atoms with Gasteiger partial charge in [-0.25, -0.2) is 4.39 Å². The summed E-state index contributed by atoms with van der Waals surface area (Å²) in [6.07, 6.45) is 1.83. The second-order valence-electron chi connectivity index (χ2n) is 4.41. The average Bonchev–Trinajstić information content (AvgIpc) is 2.35. The van der Waals surface area contributed by atoms with Crippen molar-refractivity contribution < 1.29 is 9.18 Å². The van der Waals surface area contributed by atoms with Gasteiger partial charge in [-0.3, -0.25) is 9.78 Å². The SMILES string of the molecule is Cc1ccc(CC(=O)c2cc(C)ccc2F)nc1. The van der Waals surface area contributed by atoms with Gasteiger partial charge in [0.25, 0.3) is 0 Å². The molecule has 0 amide bonds. The van der Waals surface area contributed by atoms with Crippen molar-refractivity contribution in [1.29, 1.82) is 0 Å². The minimum atomic E-state index is -0.474. The Morgan fingerprint density at radius 1 is 1.17 bits per heavy atom. The molecule has 0 aliphatic heterocycles. The van der Waals surface area contributed by atoms with Gasteiger partial charge in [0.2, 0.25) is 0 Å². The van der Waals surface area contributed by atoms with Crippen LogP contribution in [0.4, 0.5) is 4.39 Å². The number of aryl methyl sites for hydroxylation is 2. The van der Waals surface area contributed by atoms with Gasteiger partial charge in [-0.05, 0) is 37.6 Å². The number of rotatable bonds is 3. The van der Waals surface area contributed by atoms with Crippen LogP contribution in [0.25, 0.3) is 0 Å². The number of Topliss-reactive ketones (excluding diaryl/α,β-unsaturated/α-hetero) is 1. The minimum absolute atomic E-state index is 0.126. The molecule has 0 spiro atoms. The van der Waals surface area contributed by atoms with Crippen molar-refractivity contribution in [3.05, 3.63) is 64.7 Å². The van der Waals surface area contributed by atoms with Crippen LogP contribution in [0.2, 0.25) is 0 Å². The first-order valence-corrected chi connectivity index (χ1v) is 5.77. The molecule has 0 aliphatic carbocycles. The summed E-state index contributed by atoms with van der Waals surface area (Å²) in [4.78, 5) is 16.1. The molecule has 1 aromatic carbocycles. The van der Waals surface area contributed by atoms with E-state index in [4.69, 9.17) is 0 Å². The Bertz CT molecular complexity index is 576. The van der Waals surface area contributed by atoms with E-state index >= 15 is 0 Å². The van der Waals surface area contributed by atoms with Gasteiger partial charge in [-0.2, -0.15) is 0 Å². The number of aromatic nitrogens is 1. The molecule has 0 saturated heterocycles. The van der Waals surface area contributed by atoms with Crippen molar-refractivity contribution in [3.63, 3.8) is 0 Å². The molecule has 0 saturated carbocycles. The molecule has 3 heteroatoms. The second kappa shape index (κ2) is 5.08. The van der Waals surface area contributed by atoms with E-state index in [1.165, 1.54) is 6.07 Å². The Morgan fingerprint density at radius 2 is 1.89 bits per heavy atom. The van der Waals surface area contributed by atoms with Crippen molar-refractivity contribution in [1.82, 2.24) is 4.98 Å². The van der Waals surface area contributed by atoms with E-state index in [-0.39, 0.29) is 17.8 Å². The summed E-state index contributed by atoms with van der Waals surface area (Å²) < 4.78 is 13.5. The van der Waals surface area contributed by atoms with E-state index < -0.39 is 5.82 Å². The Hall–Kier alpha value is -2.03. The maximum atomic E-state index is 13.5. The first-order chi connectivity index (χ1) is 8.56. The predicted molar refractivity (Wildman–Crippen MR) is 68.1 cm³/mol. The summed E-state index contributed by atoms with van der Waals surface area (Å²) in [5.74, 6) is -0.717. The molecule has 1 heterocycles. The first kappa shape index (κ1) is 12.4. The molecule has 1 aromatic heterocycles. The number of pyridine rings is 1. The van der Waals surface area contributed by atoms with Crippen molar-refractivity contribution >= 4 is 5.78 Å². The standard InChI is InChI=1S/C15H14FNO/c1-10-4-6-14(16)13(7-10)15(18)8-12-5-3-11(2)9-17-12/h3-7,9H,8H2,1-2H3. The van der Waals surface area contributed by atoms with Gasteiger partial charge >= 0.3 is 0 Å². The third kappa shape index (κ3) is 2.80. The molecule has 18 heavy (non-hydrogen) atoms. The molecule has 0 atom stereocenters. The highest BCUT2D eigenvalue weighted by atomic mass is 19.1. The number of ketones is 1. The monoisotopic (exact) mass is 243 g/mol. The third-order valence-corrected chi connectivity index (χ3v) is 2.74. The summed E-state index contributed by atoms with van der Waals surface area (Å²) in [5.41, 5.74) is 2.70. The minimum Gasteiger partial charge on any atom is -0.294 e. The van der Waals surface area contributed by atoms with Gasteiger partial charge in [0.1, 0.15) is 5.82 Å². The van der Waals surface area contributed by atoms with Crippen molar-refractivity contribution in [2.24, 2.45) is 0 Å².